The van der Waals surface area contributed by atoms with Gasteiger partial charge in [-0.1, -0.05) is 5.16 Å². The van der Waals surface area contributed by atoms with Gasteiger partial charge in [-0.15, -0.1) is 0 Å². The van der Waals surface area contributed by atoms with Crippen LogP contribution in [0.3, 0.4) is 0 Å². The number of nitrogens with zero attached hydrogens (tertiary/aromatic N) is 2. The monoisotopic (exact) mass is 266 g/mol. The molecule has 0 aliphatic heterocycles. The SMILES string of the molecule is Cc1noc(C)c1CCC(=O)N(CC(=O)O)C1CC1. The van der Waals surface area contributed by atoms with Crippen molar-refractivity contribution in [2.75, 3.05) is 6.54 Å². The van der Waals surface area contributed by atoms with Crippen molar-refractivity contribution in [3.8, 4) is 0 Å². The van der Waals surface area contributed by atoms with Gasteiger partial charge < -0.3 is 14.5 Å². The van der Waals surface area contributed by atoms with E-state index < -0.39 is 5.97 Å². The molecule has 0 atom stereocenters. The summed E-state index contributed by atoms with van der Waals surface area (Å²) >= 11 is 0. The highest BCUT2D eigenvalue weighted by molar-refractivity contribution is 5.82. The summed E-state index contributed by atoms with van der Waals surface area (Å²) in [7, 11) is 0. The number of hydrogen-bond acceptors (Lipinski definition) is 4. The minimum Gasteiger partial charge on any atom is -0.480 e. The molecule has 2 rings (SSSR count). The molecule has 1 aliphatic rings. The number of hydrogen-bond donors (Lipinski definition) is 1. The van der Waals surface area contributed by atoms with E-state index in [2.05, 4.69) is 5.16 Å². The summed E-state index contributed by atoms with van der Waals surface area (Å²) in [6.07, 6.45) is 2.66. The molecule has 104 valence electrons. The normalized spacial score (nSPS) is 14.4. The molecule has 1 aromatic heterocycles. The molecule has 6 nitrogen and oxygen atoms in total. The standard InChI is InChI=1S/C13H18N2O4/c1-8-11(9(2)19-14-8)5-6-12(16)15(7-13(17)18)10-3-4-10/h10H,3-7H2,1-2H3,(H,17,18). The number of rotatable bonds is 6. The number of carboxylic acid groups (broad SMARTS) is 1. The molecule has 0 spiro atoms. The molecule has 1 aliphatic carbocycles. The number of amides is 1. The Bertz CT molecular complexity index is 471. The van der Waals surface area contributed by atoms with Crippen LogP contribution in [-0.4, -0.2) is 39.6 Å². The molecule has 6 heteroatoms. The Labute approximate surface area is 111 Å². The minimum absolute atomic E-state index is 0.107. The number of carboxylic acids is 1. The van der Waals surface area contributed by atoms with Gasteiger partial charge in [-0.3, -0.25) is 9.59 Å². The van der Waals surface area contributed by atoms with Crippen molar-refractivity contribution in [2.24, 2.45) is 0 Å². The van der Waals surface area contributed by atoms with Crippen LogP contribution in [0.15, 0.2) is 4.52 Å². The van der Waals surface area contributed by atoms with Crippen molar-refractivity contribution >= 4 is 11.9 Å². The molecule has 1 heterocycles. The van der Waals surface area contributed by atoms with E-state index >= 15 is 0 Å². The lowest BCUT2D eigenvalue weighted by Gasteiger charge is -2.20. The third-order valence-electron chi connectivity index (χ3n) is 3.38. The fraction of sp³-hybridized carbons (Fsp3) is 0.615. The van der Waals surface area contributed by atoms with Crippen LogP contribution in [0.1, 0.15) is 36.3 Å². The van der Waals surface area contributed by atoms with Gasteiger partial charge in [-0.2, -0.15) is 0 Å². The van der Waals surface area contributed by atoms with Gasteiger partial charge in [0.2, 0.25) is 5.91 Å². The predicted octanol–water partition coefficient (Wildman–Crippen LogP) is 1.30. The van der Waals surface area contributed by atoms with E-state index in [9.17, 15) is 9.59 Å². The summed E-state index contributed by atoms with van der Waals surface area (Å²) < 4.78 is 5.04. The van der Waals surface area contributed by atoms with E-state index in [0.29, 0.717) is 12.8 Å². The summed E-state index contributed by atoms with van der Waals surface area (Å²) in [6, 6.07) is 0.119. The first-order chi connectivity index (χ1) is 8.99. The Kier molecular flexibility index (Phi) is 3.87. The molecule has 0 aromatic carbocycles. The van der Waals surface area contributed by atoms with E-state index in [1.807, 2.05) is 13.8 Å². The van der Waals surface area contributed by atoms with Crippen molar-refractivity contribution < 1.29 is 19.2 Å². The molecule has 0 saturated heterocycles. The molecular formula is C13H18N2O4. The zero-order valence-corrected chi connectivity index (χ0v) is 11.2. The maximum Gasteiger partial charge on any atom is 0.323 e. The van der Waals surface area contributed by atoms with E-state index in [1.54, 1.807) is 0 Å². The first kappa shape index (κ1) is 13.6. The third-order valence-corrected chi connectivity index (χ3v) is 3.38. The minimum atomic E-state index is -0.961. The van der Waals surface area contributed by atoms with Gasteiger partial charge in [-0.05, 0) is 33.1 Å². The molecule has 1 aromatic rings. The molecule has 0 radical (unpaired) electrons. The second kappa shape index (κ2) is 5.42. The average Bonchev–Trinajstić information content (AvgIpc) is 3.12. The summed E-state index contributed by atoms with van der Waals surface area (Å²) in [6.45, 7) is 3.45. The lowest BCUT2D eigenvalue weighted by Crippen LogP contribution is -2.37. The first-order valence-corrected chi connectivity index (χ1v) is 6.42. The smallest absolute Gasteiger partial charge is 0.323 e. The van der Waals surface area contributed by atoms with Crippen LogP contribution in [0.2, 0.25) is 0 Å². The number of carbonyl (C=O) groups is 2. The fourth-order valence-electron chi connectivity index (χ4n) is 2.19. The number of aromatic nitrogens is 1. The summed E-state index contributed by atoms with van der Waals surface area (Å²) in [4.78, 5) is 24.3. The topological polar surface area (TPSA) is 83.6 Å². The summed E-state index contributed by atoms with van der Waals surface area (Å²) in [5.74, 6) is -0.344. The second-order valence-electron chi connectivity index (χ2n) is 4.95. The highest BCUT2D eigenvalue weighted by atomic mass is 16.5. The lowest BCUT2D eigenvalue weighted by atomic mass is 10.1. The van der Waals surface area contributed by atoms with Crippen LogP contribution in [0, 0.1) is 13.8 Å². The highest BCUT2D eigenvalue weighted by Gasteiger charge is 2.33. The van der Waals surface area contributed by atoms with Gasteiger partial charge in [0.1, 0.15) is 12.3 Å². The molecule has 0 unspecified atom stereocenters. The zero-order valence-electron chi connectivity index (χ0n) is 11.2. The van der Waals surface area contributed by atoms with Gasteiger partial charge >= 0.3 is 5.97 Å². The van der Waals surface area contributed by atoms with Crippen molar-refractivity contribution in [2.45, 2.75) is 45.6 Å². The molecule has 1 N–H and O–H groups in total. The van der Waals surface area contributed by atoms with Gasteiger partial charge in [0.25, 0.3) is 0 Å². The zero-order chi connectivity index (χ0) is 14.0. The van der Waals surface area contributed by atoms with Gasteiger partial charge in [0.05, 0.1) is 5.69 Å². The van der Waals surface area contributed by atoms with Crippen molar-refractivity contribution in [1.29, 1.82) is 0 Å². The third kappa shape index (κ3) is 3.33. The van der Waals surface area contributed by atoms with Crippen molar-refractivity contribution in [3.05, 3.63) is 17.0 Å². The fourth-order valence-corrected chi connectivity index (χ4v) is 2.19. The van der Waals surface area contributed by atoms with Crippen LogP contribution >= 0.6 is 0 Å². The van der Waals surface area contributed by atoms with E-state index in [4.69, 9.17) is 9.63 Å². The first-order valence-electron chi connectivity index (χ1n) is 6.42. The van der Waals surface area contributed by atoms with E-state index in [0.717, 1.165) is 29.9 Å². The quantitative estimate of drug-likeness (QED) is 0.839. The largest absolute Gasteiger partial charge is 0.480 e. The van der Waals surface area contributed by atoms with Crippen LogP contribution in [-0.2, 0) is 16.0 Å². The maximum absolute atomic E-state index is 12.1. The Hall–Kier alpha value is -1.85. The van der Waals surface area contributed by atoms with Crippen LogP contribution in [0.4, 0.5) is 0 Å². The van der Waals surface area contributed by atoms with E-state index in [1.165, 1.54) is 4.90 Å². The van der Waals surface area contributed by atoms with Crippen molar-refractivity contribution in [1.82, 2.24) is 10.1 Å². The van der Waals surface area contributed by atoms with Crippen molar-refractivity contribution in [3.63, 3.8) is 0 Å². The second-order valence-corrected chi connectivity index (χ2v) is 4.95. The van der Waals surface area contributed by atoms with Gasteiger partial charge in [-0.25, -0.2) is 0 Å². The number of aliphatic carboxylic acids is 1. The van der Waals surface area contributed by atoms with Crippen LogP contribution in [0.5, 0.6) is 0 Å². The molecule has 1 saturated carbocycles. The maximum atomic E-state index is 12.1. The predicted molar refractivity (Wildman–Crippen MR) is 66.7 cm³/mol. The van der Waals surface area contributed by atoms with Crippen LogP contribution < -0.4 is 0 Å². The highest BCUT2D eigenvalue weighted by Crippen LogP contribution is 2.27. The van der Waals surface area contributed by atoms with Gasteiger partial charge in [0, 0.05) is 18.0 Å². The lowest BCUT2D eigenvalue weighted by molar-refractivity contribution is -0.144. The number of carbonyl (C=O) groups excluding carboxylic acids is 1. The summed E-state index contributed by atoms with van der Waals surface area (Å²) in [5, 5.41) is 12.7. The Morgan fingerprint density at radius 1 is 1.42 bits per heavy atom. The Morgan fingerprint density at radius 2 is 2.11 bits per heavy atom. The summed E-state index contributed by atoms with van der Waals surface area (Å²) in [5.41, 5.74) is 1.74. The molecule has 0 bridgehead atoms. The number of aryl methyl sites for hydroxylation is 2. The van der Waals surface area contributed by atoms with E-state index in [-0.39, 0.29) is 18.5 Å². The molecule has 19 heavy (non-hydrogen) atoms. The molecule has 1 amide bonds. The average molecular weight is 266 g/mol. The molecular weight excluding hydrogens is 248 g/mol. The van der Waals surface area contributed by atoms with Gasteiger partial charge in [0.15, 0.2) is 0 Å². The Balaban J connectivity index is 1.94. The Morgan fingerprint density at radius 3 is 2.58 bits per heavy atom. The van der Waals surface area contributed by atoms with Crippen LogP contribution in [0.25, 0.3) is 0 Å². The molecule has 1 fully saturated rings.